The molecule has 0 radical (unpaired) electrons. The molecule has 2 N–H and O–H groups in total. The first-order valence-corrected chi connectivity index (χ1v) is 11.1. The first-order chi connectivity index (χ1) is 15.2. The summed E-state index contributed by atoms with van der Waals surface area (Å²) in [5.74, 6) is -3.13. The van der Waals surface area contributed by atoms with Crippen LogP contribution in [0.1, 0.15) is 12.8 Å². The van der Waals surface area contributed by atoms with Gasteiger partial charge in [0.2, 0.25) is 15.9 Å². The second-order valence-electron chi connectivity index (χ2n) is 7.27. The van der Waals surface area contributed by atoms with Crippen LogP contribution in [0.15, 0.2) is 56.7 Å². The quantitative estimate of drug-likeness (QED) is 0.597. The van der Waals surface area contributed by atoms with Gasteiger partial charge < -0.3 is 5.32 Å². The van der Waals surface area contributed by atoms with Crippen molar-refractivity contribution >= 4 is 21.6 Å². The number of aromatic nitrogens is 2. The van der Waals surface area contributed by atoms with Crippen LogP contribution in [0.5, 0.6) is 0 Å². The number of hydrogen-bond donors (Lipinski definition) is 2. The van der Waals surface area contributed by atoms with E-state index in [0.717, 1.165) is 16.4 Å². The molecular formula is C20H18F2N4O5S. The van der Waals surface area contributed by atoms with Crippen molar-refractivity contribution < 1.29 is 26.5 Å². The molecule has 3 aromatic rings. The van der Waals surface area contributed by atoms with Gasteiger partial charge in [0.05, 0.1) is 0 Å². The number of H-pyrrole nitrogens is 1. The van der Waals surface area contributed by atoms with Gasteiger partial charge in [0, 0.05) is 30.3 Å². The molecule has 12 heteroatoms. The first kappa shape index (κ1) is 21.8. The molecule has 1 aliphatic rings. The molecule has 1 aromatic heterocycles. The summed E-state index contributed by atoms with van der Waals surface area (Å²) in [7, 11) is -4.22. The molecule has 1 amide bonds. The number of aromatic amines is 1. The minimum absolute atomic E-state index is 0.00338. The van der Waals surface area contributed by atoms with Crippen LogP contribution in [-0.2, 0) is 14.8 Å². The maximum Gasteiger partial charge on any atom is 0.439 e. The Balaban J connectivity index is 1.41. The lowest BCUT2D eigenvalue weighted by atomic mass is 9.97. The summed E-state index contributed by atoms with van der Waals surface area (Å²) >= 11 is 0. The summed E-state index contributed by atoms with van der Waals surface area (Å²) < 4.78 is 58.3. The predicted octanol–water partition coefficient (Wildman–Crippen LogP) is 2.35. The number of benzene rings is 2. The molecule has 9 nitrogen and oxygen atoms in total. The summed E-state index contributed by atoms with van der Waals surface area (Å²) in [6.07, 6.45) is 0.441. The summed E-state index contributed by atoms with van der Waals surface area (Å²) in [6.45, 7) is -0.00677. The number of anilines is 1. The summed E-state index contributed by atoms with van der Waals surface area (Å²) in [4.78, 5) is 25.5. The molecule has 0 atom stereocenters. The monoisotopic (exact) mass is 464 g/mol. The van der Waals surface area contributed by atoms with Gasteiger partial charge in [0.1, 0.15) is 16.5 Å². The molecular weight excluding hydrogens is 446 g/mol. The zero-order valence-corrected chi connectivity index (χ0v) is 17.4. The van der Waals surface area contributed by atoms with E-state index in [2.05, 4.69) is 20.0 Å². The maximum absolute atomic E-state index is 14.0. The molecule has 2 aromatic carbocycles. The van der Waals surface area contributed by atoms with Crippen molar-refractivity contribution in [3.8, 4) is 11.4 Å². The number of carbonyl (C=O) groups is 1. The molecule has 0 aliphatic carbocycles. The molecule has 1 aliphatic heterocycles. The first-order valence-electron chi connectivity index (χ1n) is 9.66. The van der Waals surface area contributed by atoms with Gasteiger partial charge in [-0.25, -0.2) is 22.0 Å². The standard InChI is InChI=1S/C20H18F2N4O5S/c21-14-4-5-16(22)17(11-14)32(29,30)26-8-6-12(7-9-26)19(27)23-15-3-1-2-13(10-15)18-24-20(28)31-25-18/h1-5,10-12H,6-9H2,(H,23,27)(H,24,25,28). The Labute approximate surface area is 181 Å². The largest absolute Gasteiger partial charge is 0.439 e. The van der Waals surface area contributed by atoms with Crippen molar-refractivity contribution in [1.29, 1.82) is 0 Å². The van der Waals surface area contributed by atoms with E-state index in [1.54, 1.807) is 24.3 Å². The summed E-state index contributed by atoms with van der Waals surface area (Å²) in [5.41, 5.74) is 1.000. The van der Waals surface area contributed by atoms with E-state index in [9.17, 15) is 26.8 Å². The fraction of sp³-hybridized carbons (Fsp3) is 0.250. The molecule has 1 fully saturated rings. The highest BCUT2D eigenvalue weighted by molar-refractivity contribution is 7.89. The number of rotatable bonds is 5. The normalized spacial score (nSPS) is 15.6. The second-order valence-corrected chi connectivity index (χ2v) is 9.17. The Bertz CT molecular complexity index is 1310. The molecule has 2 heterocycles. The Morgan fingerprint density at radius 1 is 1.16 bits per heavy atom. The van der Waals surface area contributed by atoms with Crippen LogP contribution in [0.3, 0.4) is 0 Å². The van der Waals surface area contributed by atoms with Crippen molar-refractivity contribution in [2.45, 2.75) is 17.7 Å². The summed E-state index contributed by atoms with van der Waals surface area (Å²) in [5, 5.41) is 6.36. The third-order valence-corrected chi connectivity index (χ3v) is 7.09. The lowest BCUT2D eigenvalue weighted by Gasteiger charge is -2.30. The third-order valence-electron chi connectivity index (χ3n) is 5.18. The van der Waals surface area contributed by atoms with Gasteiger partial charge in [-0.15, -0.1) is 0 Å². The van der Waals surface area contributed by atoms with Crippen LogP contribution in [0.25, 0.3) is 11.4 Å². The molecule has 4 rings (SSSR count). The number of sulfonamides is 1. The Morgan fingerprint density at radius 2 is 1.91 bits per heavy atom. The molecule has 32 heavy (non-hydrogen) atoms. The van der Waals surface area contributed by atoms with Crippen LogP contribution < -0.4 is 11.1 Å². The van der Waals surface area contributed by atoms with Crippen LogP contribution in [0.4, 0.5) is 14.5 Å². The van der Waals surface area contributed by atoms with Crippen molar-refractivity contribution in [3.05, 3.63) is 64.6 Å². The molecule has 0 saturated carbocycles. The van der Waals surface area contributed by atoms with Gasteiger partial charge in [-0.2, -0.15) is 4.31 Å². The van der Waals surface area contributed by atoms with E-state index in [4.69, 9.17) is 0 Å². The van der Waals surface area contributed by atoms with Gasteiger partial charge in [-0.1, -0.05) is 17.3 Å². The highest BCUT2D eigenvalue weighted by Crippen LogP contribution is 2.27. The van der Waals surface area contributed by atoms with Gasteiger partial charge in [0.25, 0.3) is 0 Å². The maximum atomic E-state index is 14.0. The van der Waals surface area contributed by atoms with Gasteiger partial charge in [-0.05, 0) is 43.2 Å². The van der Waals surface area contributed by atoms with Crippen LogP contribution in [-0.4, -0.2) is 41.9 Å². The lowest BCUT2D eigenvalue weighted by Crippen LogP contribution is -2.41. The van der Waals surface area contributed by atoms with Crippen molar-refractivity contribution in [2.24, 2.45) is 5.92 Å². The molecule has 168 valence electrons. The highest BCUT2D eigenvalue weighted by Gasteiger charge is 2.33. The van der Waals surface area contributed by atoms with Crippen molar-refractivity contribution in [2.75, 3.05) is 18.4 Å². The Kier molecular flexibility index (Phi) is 5.89. The Hall–Kier alpha value is -3.38. The molecule has 1 saturated heterocycles. The van der Waals surface area contributed by atoms with Gasteiger partial charge in [0.15, 0.2) is 5.82 Å². The topological polar surface area (TPSA) is 125 Å². The zero-order chi connectivity index (χ0) is 22.9. The number of nitrogens with zero attached hydrogens (tertiary/aromatic N) is 2. The highest BCUT2D eigenvalue weighted by atomic mass is 32.2. The van der Waals surface area contributed by atoms with E-state index < -0.39 is 38.2 Å². The van der Waals surface area contributed by atoms with Gasteiger partial charge >= 0.3 is 5.76 Å². The molecule has 0 spiro atoms. The van der Waals surface area contributed by atoms with Gasteiger partial charge in [-0.3, -0.25) is 14.3 Å². The molecule has 0 bridgehead atoms. The lowest BCUT2D eigenvalue weighted by molar-refractivity contribution is -0.120. The SMILES string of the molecule is O=C(Nc1cccc(-c2noc(=O)[nH]2)c1)C1CCN(S(=O)(=O)c2cc(F)ccc2F)CC1. The average molecular weight is 464 g/mol. The fourth-order valence-electron chi connectivity index (χ4n) is 3.52. The number of nitrogens with one attached hydrogen (secondary N) is 2. The number of carbonyl (C=O) groups excluding carboxylic acids is 1. The average Bonchev–Trinajstić information content (AvgIpc) is 3.22. The van der Waals surface area contributed by atoms with E-state index in [-0.39, 0.29) is 37.7 Å². The summed E-state index contributed by atoms with van der Waals surface area (Å²) in [6, 6.07) is 8.88. The second kappa shape index (κ2) is 8.63. The van der Waals surface area contributed by atoms with E-state index in [0.29, 0.717) is 17.3 Å². The Morgan fingerprint density at radius 3 is 2.59 bits per heavy atom. The minimum Gasteiger partial charge on any atom is -0.326 e. The number of amides is 1. The predicted molar refractivity (Wildman–Crippen MR) is 109 cm³/mol. The number of halogens is 2. The van der Waals surface area contributed by atoms with Crippen molar-refractivity contribution in [1.82, 2.24) is 14.4 Å². The van der Waals surface area contributed by atoms with Crippen LogP contribution >= 0.6 is 0 Å². The van der Waals surface area contributed by atoms with E-state index in [1.807, 2.05) is 0 Å². The fourth-order valence-corrected chi connectivity index (χ4v) is 5.06. The number of hydrogen-bond acceptors (Lipinski definition) is 6. The number of piperidine rings is 1. The minimum atomic E-state index is -4.22. The van der Waals surface area contributed by atoms with Crippen LogP contribution in [0.2, 0.25) is 0 Å². The van der Waals surface area contributed by atoms with E-state index >= 15 is 0 Å². The van der Waals surface area contributed by atoms with Crippen molar-refractivity contribution in [3.63, 3.8) is 0 Å². The smallest absolute Gasteiger partial charge is 0.326 e. The molecule has 0 unspecified atom stereocenters. The zero-order valence-electron chi connectivity index (χ0n) is 16.5. The third kappa shape index (κ3) is 4.46. The van der Waals surface area contributed by atoms with E-state index in [1.165, 1.54) is 0 Å². The van der Waals surface area contributed by atoms with Crippen LogP contribution in [0, 0.1) is 17.6 Å².